The Kier molecular flexibility index (Phi) is 2.79. The van der Waals surface area contributed by atoms with E-state index in [1.165, 1.54) is 22.2 Å². The fraction of sp³-hybridized carbons (Fsp3) is 0.471. The van der Waals surface area contributed by atoms with Gasteiger partial charge in [0.1, 0.15) is 0 Å². The van der Waals surface area contributed by atoms with Gasteiger partial charge < -0.3 is 9.88 Å². The van der Waals surface area contributed by atoms with E-state index in [-0.39, 0.29) is 5.92 Å². The van der Waals surface area contributed by atoms with Crippen molar-refractivity contribution in [3.63, 3.8) is 0 Å². The Balaban J connectivity index is 1.76. The SMILES string of the molecule is O=C([C@@H]1CCCc2c1[nH]c1ccccc21)N1CCCC1. The van der Waals surface area contributed by atoms with Gasteiger partial charge in [0.15, 0.2) is 0 Å². The second-order valence-electron chi connectivity index (χ2n) is 6.04. The lowest BCUT2D eigenvalue weighted by atomic mass is 9.86. The molecule has 2 heterocycles. The lowest BCUT2D eigenvalue weighted by Gasteiger charge is -2.26. The molecule has 0 bridgehead atoms. The highest BCUT2D eigenvalue weighted by molar-refractivity contribution is 5.90. The fourth-order valence-electron chi connectivity index (χ4n) is 3.82. The molecule has 0 radical (unpaired) electrons. The molecule has 3 nitrogen and oxygen atoms in total. The normalized spacial score (nSPS) is 22.2. The first-order chi connectivity index (χ1) is 9.84. The summed E-state index contributed by atoms with van der Waals surface area (Å²) in [5, 5.41) is 1.31. The summed E-state index contributed by atoms with van der Waals surface area (Å²) in [6, 6.07) is 8.43. The number of hydrogen-bond donors (Lipinski definition) is 1. The van der Waals surface area contributed by atoms with Crippen molar-refractivity contribution in [3.05, 3.63) is 35.5 Å². The molecule has 104 valence electrons. The van der Waals surface area contributed by atoms with E-state index < -0.39 is 0 Å². The minimum Gasteiger partial charge on any atom is -0.357 e. The predicted octanol–water partition coefficient (Wildman–Crippen LogP) is 3.21. The van der Waals surface area contributed by atoms with Gasteiger partial charge in [0.2, 0.25) is 5.91 Å². The maximum Gasteiger partial charge on any atom is 0.231 e. The molecule has 3 heteroatoms. The van der Waals surface area contributed by atoms with Crippen molar-refractivity contribution in [2.75, 3.05) is 13.1 Å². The van der Waals surface area contributed by atoms with Crippen molar-refractivity contribution in [1.82, 2.24) is 9.88 Å². The summed E-state index contributed by atoms with van der Waals surface area (Å²) in [6.07, 6.45) is 5.55. The van der Waals surface area contributed by atoms with Crippen LogP contribution in [0.4, 0.5) is 0 Å². The number of likely N-dealkylation sites (tertiary alicyclic amines) is 1. The number of para-hydroxylation sites is 1. The zero-order chi connectivity index (χ0) is 13.5. The fourth-order valence-corrected chi connectivity index (χ4v) is 3.82. The number of aromatic nitrogens is 1. The lowest BCUT2D eigenvalue weighted by molar-refractivity contribution is -0.132. The zero-order valence-corrected chi connectivity index (χ0v) is 11.7. The number of aryl methyl sites for hydroxylation is 1. The maximum atomic E-state index is 12.7. The predicted molar refractivity (Wildman–Crippen MR) is 79.8 cm³/mol. The number of amides is 1. The summed E-state index contributed by atoms with van der Waals surface area (Å²) in [5.74, 6) is 0.402. The minimum atomic E-state index is 0.0595. The van der Waals surface area contributed by atoms with Crippen LogP contribution in [0, 0.1) is 0 Å². The van der Waals surface area contributed by atoms with E-state index in [1.807, 2.05) is 0 Å². The Hall–Kier alpha value is -1.77. The van der Waals surface area contributed by atoms with E-state index in [1.54, 1.807) is 0 Å². The van der Waals surface area contributed by atoms with Crippen molar-refractivity contribution in [1.29, 1.82) is 0 Å². The molecule has 1 aliphatic heterocycles. The Morgan fingerprint density at radius 2 is 1.95 bits per heavy atom. The van der Waals surface area contributed by atoms with Crippen LogP contribution in [-0.2, 0) is 11.2 Å². The topological polar surface area (TPSA) is 36.1 Å². The molecule has 1 aliphatic carbocycles. The molecule has 1 aromatic heterocycles. The summed E-state index contributed by atoms with van der Waals surface area (Å²) in [6.45, 7) is 1.90. The number of H-pyrrole nitrogens is 1. The number of carbonyl (C=O) groups excluding carboxylic acids is 1. The number of nitrogens with one attached hydrogen (secondary N) is 1. The van der Waals surface area contributed by atoms with E-state index in [0.29, 0.717) is 5.91 Å². The van der Waals surface area contributed by atoms with Gasteiger partial charge in [-0.25, -0.2) is 0 Å². The minimum absolute atomic E-state index is 0.0595. The smallest absolute Gasteiger partial charge is 0.231 e. The average Bonchev–Trinajstić information content (AvgIpc) is 3.13. The van der Waals surface area contributed by atoms with Crippen LogP contribution < -0.4 is 0 Å². The molecule has 1 aromatic carbocycles. The number of rotatable bonds is 1. The molecule has 2 aromatic rings. The van der Waals surface area contributed by atoms with Crippen molar-refractivity contribution in [3.8, 4) is 0 Å². The van der Waals surface area contributed by atoms with E-state index in [2.05, 4.69) is 34.1 Å². The third-order valence-corrected chi connectivity index (χ3v) is 4.83. The molecule has 2 aliphatic rings. The Morgan fingerprint density at radius 3 is 2.80 bits per heavy atom. The van der Waals surface area contributed by atoms with Crippen LogP contribution in [-0.4, -0.2) is 28.9 Å². The summed E-state index contributed by atoms with van der Waals surface area (Å²) >= 11 is 0. The monoisotopic (exact) mass is 268 g/mol. The summed E-state index contributed by atoms with van der Waals surface area (Å²) in [5.41, 5.74) is 3.75. The molecule has 0 saturated carbocycles. The number of aromatic amines is 1. The van der Waals surface area contributed by atoms with E-state index in [9.17, 15) is 4.79 Å². The number of fused-ring (bicyclic) bond motifs is 3. The Bertz CT molecular complexity index is 652. The van der Waals surface area contributed by atoms with Crippen molar-refractivity contribution in [2.45, 2.75) is 38.0 Å². The maximum absolute atomic E-state index is 12.7. The van der Waals surface area contributed by atoms with Gasteiger partial charge in [-0.3, -0.25) is 4.79 Å². The molecule has 1 N–H and O–H groups in total. The molecular weight excluding hydrogens is 248 g/mol. The van der Waals surface area contributed by atoms with Crippen molar-refractivity contribution >= 4 is 16.8 Å². The Labute approximate surface area is 119 Å². The number of benzene rings is 1. The van der Waals surface area contributed by atoms with Crippen LogP contribution in [0.1, 0.15) is 42.9 Å². The summed E-state index contributed by atoms with van der Waals surface area (Å²) in [7, 11) is 0. The van der Waals surface area contributed by atoms with Gasteiger partial charge in [-0.15, -0.1) is 0 Å². The average molecular weight is 268 g/mol. The zero-order valence-electron chi connectivity index (χ0n) is 11.7. The first-order valence-corrected chi connectivity index (χ1v) is 7.73. The quantitative estimate of drug-likeness (QED) is 0.847. The van der Waals surface area contributed by atoms with E-state index in [0.717, 1.165) is 45.2 Å². The highest BCUT2D eigenvalue weighted by Gasteiger charge is 2.33. The number of hydrogen-bond acceptors (Lipinski definition) is 1. The molecule has 4 rings (SSSR count). The molecule has 1 fully saturated rings. The molecule has 1 saturated heterocycles. The number of nitrogens with zero attached hydrogens (tertiary/aromatic N) is 1. The number of carbonyl (C=O) groups is 1. The lowest BCUT2D eigenvalue weighted by Crippen LogP contribution is -2.34. The Morgan fingerprint density at radius 1 is 1.15 bits per heavy atom. The van der Waals surface area contributed by atoms with E-state index in [4.69, 9.17) is 0 Å². The van der Waals surface area contributed by atoms with Crippen LogP contribution >= 0.6 is 0 Å². The summed E-state index contributed by atoms with van der Waals surface area (Å²) < 4.78 is 0. The van der Waals surface area contributed by atoms with Crippen molar-refractivity contribution in [2.24, 2.45) is 0 Å². The summed E-state index contributed by atoms with van der Waals surface area (Å²) in [4.78, 5) is 18.3. The van der Waals surface area contributed by atoms with Crippen LogP contribution in [0.15, 0.2) is 24.3 Å². The van der Waals surface area contributed by atoms with E-state index >= 15 is 0 Å². The first kappa shape index (κ1) is 12.0. The van der Waals surface area contributed by atoms with Gasteiger partial charge in [0.05, 0.1) is 5.92 Å². The molecule has 20 heavy (non-hydrogen) atoms. The van der Waals surface area contributed by atoms with Gasteiger partial charge in [-0.1, -0.05) is 18.2 Å². The largest absolute Gasteiger partial charge is 0.357 e. The van der Waals surface area contributed by atoms with Crippen LogP contribution in [0.2, 0.25) is 0 Å². The standard InChI is InChI=1S/C17H20N2O/c20-17(19-10-3-4-11-19)14-8-5-7-13-12-6-1-2-9-15(12)18-16(13)14/h1-2,6,9,14,18H,3-5,7-8,10-11H2/t14-/m1/s1. The third-order valence-electron chi connectivity index (χ3n) is 4.83. The van der Waals surface area contributed by atoms with Gasteiger partial charge in [0, 0.05) is 29.7 Å². The highest BCUT2D eigenvalue weighted by atomic mass is 16.2. The van der Waals surface area contributed by atoms with Crippen LogP contribution in [0.25, 0.3) is 10.9 Å². The van der Waals surface area contributed by atoms with Crippen molar-refractivity contribution < 1.29 is 4.79 Å². The molecular formula is C17H20N2O. The van der Waals surface area contributed by atoms with Crippen LogP contribution in [0.5, 0.6) is 0 Å². The third kappa shape index (κ3) is 1.76. The van der Waals surface area contributed by atoms with Gasteiger partial charge in [0.25, 0.3) is 0 Å². The molecule has 1 amide bonds. The first-order valence-electron chi connectivity index (χ1n) is 7.73. The van der Waals surface area contributed by atoms with Gasteiger partial charge >= 0.3 is 0 Å². The van der Waals surface area contributed by atoms with Gasteiger partial charge in [-0.05, 0) is 43.7 Å². The second-order valence-corrected chi connectivity index (χ2v) is 6.04. The van der Waals surface area contributed by atoms with Gasteiger partial charge in [-0.2, -0.15) is 0 Å². The molecule has 0 spiro atoms. The second kappa shape index (κ2) is 4.65. The highest BCUT2D eigenvalue weighted by Crippen LogP contribution is 2.37. The molecule has 0 unspecified atom stereocenters. The van der Waals surface area contributed by atoms with Crippen LogP contribution in [0.3, 0.4) is 0 Å². The molecule has 1 atom stereocenters.